The number of amides is 1. The van der Waals surface area contributed by atoms with Gasteiger partial charge in [0.2, 0.25) is 0 Å². The van der Waals surface area contributed by atoms with E-state index in [0.717, 1.165) is 11.1 Å². The van der Waals surface area contributed by atoms with E-state index < -0.39 is 35.0 Å². The van der Waals surface area contributed by atoms with E-state index in [1.54, 1.807) is 12.1 Å². The van der Waals surface area contributed by atoms with E-state index in [0.29, 0.717) is 28.6 Å². The summed E-state index contributed by atoms with van der Waals surface area (Å²) in [5.74, 6) is -1.26. The topological polar surface area (TPSA) is 20.3 Å². The zero-order valence-electron chi connectivity index (χ0n) is 18.5. The first-order valence-corrected chi connectivity index (χ1v) is 11.7. The lowest BCUT2D eigenvalue weighted by Crippen LogP contribution is -2.42. The van der Waals surface area contributed by atoms with Crippen LogP contribution in [0.2, 0.25) is 10.0 Å². The van der Waals surface area contributed by atoms with E-state index in [1.165, 1.54) is 4.90 Å². The van der Waals surface area contributed by atoms with Gasteiger partial charge in [0.1, 0.15) is 0 Å². The molecule has 190 valence electrons. The number of halogens is 8. The summed E-state index contributed by atoms with van der Waals surface area (Å²) in [5, 5.41) is 0.748. The monoisotopic (exact) mass is 545 g/mol. The van der Waals surface area contributed by atoms with Gasteiger partial charge < -0.3 is 4.90 Å². The molecule has 36 heavy (non-hydrogen) atoms. The Labute approximate surface area is 213 Å². The largest absolute Gasteiger partial charge is 0.416 e. The molecule has 0 spiro atoms. The smallest absolute Gasteiger partial charge is 0.338 e. The van der Waals surface area contributed by atoms with Crippen molar-refractivity contribution in [2.75, 3.05) is 13.1 Å². The van der Waals surface area contributed by atoms with Crippen molar-refractivity contribution in [1.82, 2.24) is 4.90 Å². The second-order valence-electron chi connectivity index (χ2n) is 8.63. The molecule has 3 aromatic rings. The maximum absolute atomic E-state index is 13.3. The van der Waals surface area contributed by atoms with Crippen molar-refractivity contribution in [3.63, 3.8) is 0 Å². The third-order valence-electron chi connectivity index (χ3n) is 6.33. The number of nitrogens with zero attached hydrogens (tertiary/aromatic N) is 1. The SMILES string of the molecule is O=C(c1cc(C(F)(F)F)cc(C(F)(F)F)c1)N1CC[C@@H](c2ccc(Cl)c(Cl)c2)[C@@H](c2ccccc2)C1. The maximum atomic E-state index is 13.3. The number of piperidine rings is 1. The fraction of sp³-hybridized carbons (Fsp3) is 0.269. The Morgan fingerprint density at radius 2 is 1.36 bits per heavy atom. The van der Waals surface area contributed by atoms with Crippen LogP contribution in [0.5, 0.6) is 0 Å². The number of carbonyl (C=O) groups excluding carboxylic acids is 1. The molecule has 0 N–H and O–H groups in total. The van der Waals surface area contributed by atoms with Gasteiger partial charge in [-0.15, -0.1) is 0 Å². The highest BCUT2D eigenvalue weighted by Crippen LogP contribution is 2.42. The number of hydrogen-bond acceptors (Lipinski definition) is 1. The van der Waals surface area contributed by atoms with Gasteiger partial charge in [-0.2, -0.15) is 26.3 Å². The van der Waals surface area contributed by atoms with Crippen molar-refractivity contribution in [2.45, 2.75) is 30.6 Å². The van der Waals surface area contributed by atoms with Gasteiger partial charge in [0.05, 0.1) is 21.2 Å². The molecule has 0 saturated carbocycles. The fourth-order valence-corrected chi connectivity index (χ4v) is 4.88. The van der Waals surface area contributed by atoms with Crippen molar-refractivity contribution in [3.8, 4) is 0 Å². The Balaban J connectivity index is 1.70. The lowest BCUT2D eigenvalue weighted by Gasteiger charge is -2.39. The molecule has 4 rings (SSSR count). The van der Waals surface area contributed by atoms with Crippen LogP contribution in [0.1, 0.15) is 50.9 Å². The molecule has 0 radical (unpaired) electrons. The van der Waals surface area contributed by atoms with Crippen LogP contribution in [0.25, 0.3) is 0 Å². The molecule has 1 saturated heterocycles. The maximum Gasteiger partial charge on any atom is 0.416 e. The Kier molecular flexibility index (Phi) is 7.30. The molecule has 1 amide bonds. The highest BCUT2D eigenvalue weighted by Gasteiger charge is 2.39. The van der Waals surface area contributed by atoms with Crippen LogP contribution in [0.15, 0.2) is 66.7 Å². The zero-order chi connectivity index (χ0) is 26.3. The Bertz CT molecular complexity index is 1230. The lowest BCUT2D eigenvalue weighted by molar-refractivity contribution is -0.143. The minimum atomic E-state index is -5.04. The molecule has 0 aromatic heterocycles. The highest BCUT2D eigenvalue weighted by molar-refractivity contribution is 6.42. The van der Waals surface area contributed by atoms with Gasteiger partial charge in [0.25, 0.3) is 5.91 Å². The summed E-state index contributed by atoms with van der Waals surface area (Å²) in [6.45, 7) is 0.246. The molecule has 0 aliphatic carbocycles. The molecule has 2 nitrogen and oxygen atoms in total. The van der Waals surface area contributed by atoms with Gasteiger partial charge in [0, 0.05) is 24.6 Å². The van der Waals surface area contributed by atoms with Gasteiger partial charge in [-0.3, -0.25) is 4.79 Å². The molecular weight excluding hydrogens is 527 g/mol. The molecule has 1 fully saturated rings. The number of likely N-dealkylation sites (tertiary alicyclic amines) is 1. The summed E-state index contributed by atoms with van der Waals surface area (Å²) in [4.78, 5) is 14.5. The Morgan fingerprint density at radius 1 is 0.750 bits per heavy atom. The van der Waals surface area contributed by atoms with Gasteiger partial charge in [-0.1, -0.05) is 59.6 Å². The van der Waals surface area contributed by atoms with Crippen LogP contribution in [-0.4, -0.2) is 23.9 Å². The second-order valence-corrected chi connectivity index (χ2v) is 9.45. The number of rotatable bonds is 3. The number of carbonyl (C=O) groups is 1. The minimum absolute atomic E-state index is 0.0140. The lowest BCUT2D eigenvalue weighted by atomic mass is 9.76. The Hall–Kier alpha value is -2.71. The normalized spacial score (nSPS) is 18.8. The van der Waals surface area contributed by atoms with E-state index in [1.807, 2.05) is 36.4 Å². The van der Waals surface area contributed by atoms with Crippen LogP contribution in [0.4, 0.5) is 26.3 Å². The van der Waals surface area contributed by atoms with Crippen LogP contribution in [0.3, 0.4) is 0 Å². The highest BCUT2D eigenvalue weighted by atomic mass is 35.5. The van der Waals surface area contributed by atoms with Crippen LogP contribution >= 0.6 is 23.2 Å². The Morgan fingerprint density at radius 3 is 1.92 bits per heavy atom. The fourth-order valence-electron chi connectivity index (χ4n) is 4.58. The van der Waals surface area contributed by atoms with Crippen molar-refractivity contribution < 1.29 is 31.1 Å². The van der Waals surface area contributed by atoms with Crippen LogP contribution in [0, 0.1) is 0 Å². The van der Waals surface area contributed by atoms with E-state index in [9.17, 15) is 31.1 Å². The summed E-state index contributed by atoms with van der Waals surface area (Å²) in [5.41, 5.74) is -1.94. The second kappa shape index (κ2) is 9.98. The van der Waals surface area contributed by atoms with Gasteiger partial charge >= 0.3 is 12.4 Å². The number of alkyl halides is 6. The molecule has 1 aliphatic heterocycles. The molecule has 1 heterocycles. The predicted octanol–water partition coefficient (Wildman–Crippen LogP) is 8.44. The van der Waals surface area contributed by atoms with Gasteiger partial charge in [-0.05, 0) is 53.8 Å². The molecule has 0 unspecified atom stereocenters. The molecule has 0 bridgehead atoms. The first kappa shape index (κ1) is 26.4. The van der Waals surface area contributed by atoms with Crippen molar-refractivity contribution in [3.05, 3.63) is 105 Å². The van der Waals surface area contributed by atoms with E-state index in [2.05, 4.69) is 0 Å². The summed E-state index contributed by atoms with van der Waals surface area (Å²) in [6.07, 6.45) is -9.65. The van der Waals surface area contributed by atoms with E-state index >= 15 is 0 Å². The summed E-state index contributed by atoms with van der Waals surface area (Å²) in [6, 6.07) is 15.4. The first-order valence-electron chi connectivity index (χ1n) is 10.9. The molecule has 10 heteroatoms. The van der Waals surface area contributed by atoms with Crippen LogP contribution < -0.4 is 0 Å². The average Bonchev–Trinajstić information content (AvgIpc) is 2.84. The average molecular weight is 546 g/mol. The third-order valence-corrected chi connectivity index (χ3v) is 7.07. The first-order chi connectivity index (χ1) is 16.8. The molecular formula is C26H19Cl2F6NO. The summed E-state index contributed by atoms with van der Waals surface area (Å²) < 4.78 is 79.9. The van der Waals surface area contributed by atoms with E-state index in [-0.39, 0.29) is 31.0 Å². The van der Waals surface area contributed by atoms with Gasteiger partial charge in [0.15, 0.2) is 0 Å². The molecule has 3 aromatic carbocycles. The summed E-state index contributed by atoms with van der Waals surface area (Å²) in [7, 11) is 0. The standard InChI is InChI=1S/C26H19Cl2F6NO/c27-22-7-6-16(12-23(22)28)20-8-9-35(14-21(20)15-4-2-1-3-5-15)24(36)17-10-18(25(29,30)31)13-19(11-17)26(32,33)34/h1-7,10-13,20-21H,8-9,14H2/t20-,21+/m0/s1. The minimum Gasteiger partial charge on any atom is -0.338 e. The van der Waals surface area contributed by atoms with Gasteiger partial charge in [-0.25, -0.2) is 0 Å². The van der Waals surface area contributed by atoms with Crippen molar-refractivity contribution in [1.29, 1.82) is 0 Å². The third kappa shape index (κ3) is 5.65. The summed E-state index contributed by atoms with van der Waals surface area (Å²) >= 11 is 12.3. The predicted molar refractivity (Wildman–Crippen MR) is 125 cm³/mol. The molecule has 1 aliphatic rings. The number of hydrogen-bond donors (Lipinski definition) is 0. The van der Waals surface area contributed by atoms with E-state index in [4.69, 9.17) is 23.2 Å². The quantitative estimate of drug-likeness (QED) is 0.302. The number of benzene rings is 3. The van der Waals surface area contributed by atoms with Crippen molar-refractivity contribution >= 4 is 29.1 Å². The van der Waals surface area contributed by atoms with Crippen LogP contribution in [-0.2, 0) is 12.4 Å². The molecule has 2 atom stereocenters. The zero-order valence-corrected chi connectivity index (χ0v) is 20.0. The van der Waals surface area contributed by atoms with Crippen molar-refractivity contribution in [2.24, 2.45) is 0 Å².